The first-order chi connectivity index (χ1) is 15.1. The fraction of sp³-hybridized carbons (Fsp3) is 0.208. The Morgan fingerprint density at radius 1 is 1.06 bits per heavy atom. The maximum absolute atomic E-state index is 6.18. The zero-order chi connectivity index (χ0) is 21.4. The summed E-state index contributed by atoms with van der Waals surface area (Å²) in [4.78, 5) is 4.48. The largest absolute Gasteiger partial charge is 0.501 e. The quantitative estimate of drug-likeness (QED) is 0.433. The molecule has 1 aliphatic rings. The summed E-state index contributed by atoms with van der Waals surface area (Å²) in [6.45, 7) is 2.44. The molecule has 0 fully saturated rings. The molecule has 4 aromatic rings. The van der Waals surface area contributed by atoms with Crippen LogP contribution in [0, 0.1) is 5.92 Å². The second kappa shape index (κ2) is 8.04. The Morgan fingerprint density at radius 2 is 1.87 bits per heavy atom. The smallest absolute Gasteiger partial charge is 0.175 e. The molecule has 0 amide bonds. The Balaban J connectivity index is 1.43. The molecule has 7 heteroatoms. The number of methoxy groups -OCH3 is 1. The van der Waals surface area contributed by atoms with Crippen molar-refractivity contribution >= 4 is 23.3 Å². The zero-order valence-corrected chi connectivity index (χ0v) is 18.0. The van der Waals surface area contributed by atoms with Crippen LogP contribution in [0.25, 0.3) is 22.9 Å². The lowest BCUT2D eigenvalue weighted by Crippen LogP contribution is -2.14. The van der Waals surface area contributed by atoms with Crippen LogP contribution < -0.4 is 4.74 Å². The van der Waals surface area contributed by atoms with Gasteiger partial charge in [0.25, 0.3) is 0 Å². The molecule has 1 atom stereocenters. The molecule has 31 heavy (non-hydrogen) atoms. The number of allylic oxidation sites excluding steroid dienone is 1. The molecule has 0 radical (unpaired) electrons. The number of nitrogens with zero attached hydrogens (tertiary/aromatic N) is 4. The van der Waals surface area contributed by atoms with Gasteiger partial charge in [-0.15, -0.1) is 10.2 Å². The van der Waals surface area contributed by atoms with Crippen LogP contribution in [0.15, 0.2) is 60.6 Å². The topological polar surface area (TPSA) is 61.5 Å². The summed E-state index contributed by atoms with van der Waals surface area (Å²) in [5.41, 5.74) is 4.88. The molecule has 156 valence electrons. The summed E-state index contributed by atoms with van der Waals surface area (Å²) in [6.07, 6.45) is 6.59. The van der Waals surface area contributed by atoms with Crippen LogP contribution in [0.1, 0.15) is 24.0 Å². The van der Waals surface area contributed by atoms with Gasteiger partial charge in [0.15, 0.2) is 11.5 Å². The summed E-state index contributed by atoms with van der Waals surface area (Å²) in [5.74, 6) is 2.76. The van der Waals surface area contributed by atoms with E-state index in [1.165, 1.54) is 0 Å². The van der Waals surface area contributed by atoms with Crippen molar-refractivity contribution in [2.45, 2.75) is 20.0 Å². The number of rotatable bonds is 5. The highest BCUT2D eigenvalue weighted by atomic mass is 35.5. The number of halogens is 1. The fourth-order valence-corrected chi connectivity index (χ4v) is 4.02. The maximum atomic E-state index is 6.18. The molecule has 6 nitrogen and oxygen atoms in total. The highest BCUT2D eigenvalue weighted by Crippen LogP contribution is 2.33. The standard InChI is InChI=1S/C24H21ClN4O2/c1-15-11-19-20(12-22(15)30-2)26-10-9-21(19)31-14-24-28-27-23-8-5-17(13-29(23)24)16-3-6-18(25)7-4-16/h3-10,12-13,15H,11,14H2,1-2H3. The summed E-state index contributed by atoms with van der Waals surface area (Å²) in [6, 6.07) is 13.6. The number of pyridine rings is 2. The zero-order valence-electron chi connectivity index (χ0n) is 17.2. The Morgan fingerprint density at radius 3 is 2.68 bits per heavy atom. The van der Waals surface area contributed by atoms with E-state index < -0.39 is 0 Å². The van der Waals surface area contributed by atoms with Gasteiger partial charge in [-0.3, -0.25) is 9.38 Å². The van der Waals surface area contributed by atoms with Gasteiger partial charge in [-0.2, -0.15) is 0 Å². The van der Waals surface area contributed by atoms with Gasteiger partial charge in [0.2, 0.25) is 0 Å². The third kappa shape index (κ3) is 3.75. The monoisotopic (exact) mass is 432 g/mol. The van der Waals surface area contributed by atoms with Crippen LogP contribution in [0.5, 0.6) is 5.75 Å². The molecule has 1 unspecified atom stereocenters. The van der Waals surface area contributed by atoms with Gasteiger partial charge >= 0.3 is 0 Å². The number of aromatic nitrogens is 4. The number of hydrogen-bond donors (Lipinski definition) is 0. The summed E-state index contributed by atoms with van der Waals surface area (Å²) in [5, 5.41) is 9.32. The van der Waals surface area contributed by atoms with Crippen LogP contribution >= 0.6 is 11.6 Å². The van der Waals surface area contributed by atoms with Gasteiger partial charge in [-0.25, -0.2) is 0 Å². The average Bonchev–Trinajstić information content (AvgIpc) is 3.20. The SMILES string of the molecule is COC1=Cc2nccc(OCc3nnc4ccc(-c5ccc(Cl)cc5)cn34)c2CC1C. The van der Waals surface area contributed by atoms with Gasteiger partial charge in [-0.05, 0) is 47.9 Å². The molecule has 0 aliphatic heterocycles. The lowest BCUT2D eigenvalue weighted by Gasteiger charge is -2.23. The average molecular weight is 433 g/mol. The van der Waals surface area contributed by atoms with E-state index in [1.807, 2.05) is 59.1 Å². The molecule has 3 heterocycles. The Hall–Kier alpha value is -3.38. The minimum absolute atomic E-state index is 0.278. The lowest BCUT2D eigenvalue weighted by molar-refractivity contribution is 0.245. The van der Waals surface area contributed by atoms with E-state index in [4.69, 9.17) is 21.1 Å². The fourth-order valence-electron chi connectivity index (χ4n) is 3.89. The van der Waals surface area contributed by atoms with Crippen molar-refractivity contribution in [2.75, 3.05) is 7.11 Å². The predicted molar refractivity (Wildman–Crippen MR) is 120 cm³/mol. The van der Waals surface area contributed by atoms with Gasteiger partial charge in [-0.1, -0.05) is 30.7 Å². The van der Waals surface area contributed by atoms with Crippen LogP contribution in [0.3, 0.4) is 0 Å². The van der Waals surface area contributed by atoms with Crippen LogP contribution in [-0.2, 0) is 17.8 Å². The van der Waals surface area contributed by atoms with Crippen molar-refractivity contribution in [1.82, 2.24) is 19.6 Å². The molecule has 0 saturated carbocycles. The molecule has 5 rings (SSSR count). The molecule has 3 aromatic heterocycles. The number of benzene rings is 1. The highest BCUT2D eigenvalue weighted by molar-refractivity contribution is 6.30. The van der Waals surface area contributed by atoms with Crippen molar-refractivity contribution in [3.63, 3.8) is 0 Å². The number of fused-ring (bicyclic) bond motifs is 2. The second-order valence-electron chi connectivity index (χ2n) is 7.59. The second-order valence-corrected chi connectivity index (χ2v) is 8.02. The molecular formula is C24H21ClN4O2. The van der Waals surface area contributed by atoms with Gasteiger partial charge in [0, 0.05) is 35.0 Å². The molecule has 0 N–H and O–H groups in total. The molecule has 1 aliphatic carbocycles. The van der Waals surface area contributed by atoms with E-state index in [0.717, 1.165) is 51.8 Å². The Labute approximate surface area is 185 Å². The normalized spacial score (nSPS) is 15.5. The van der Waals surface area contributed by atoms with E-state index in [1.54, 1.807) is 13.3 Å². The highest BCUT2D eigenvalue weighted by Gasteiger charge is 2.22. The van der Waals surface area contributed by atoms with Crippen molar-refractivity contribution in [1.29, 1.82) is 0 Å². The van der Waals surface area contributed by atoms with Crippen molar-refractivity contribution < 1.29 is 9.47 Å². The first-order valence-corrected chi connectivity index (χ1v) is 10.5. The van der Waals surface area contributed by atoms with Crippen molar-refractivity contribution in [2.24, 2.45) is 5.92 Å². The summed E-state index contributed by atoms with van der Waals surface area (Å²) < 4.78 is 13.6. The maximum Gasteiger partial charge on any atom is 0.175 e. The number of ether oxygens (including phenoxy) is 2. The van der Waals surface area contributed by atoms with E-state index in [0.29, 0.717) is 11.6 Å². The predicted octanol–water partition coefficient (Wildman–Crippen LogP) is 5.20. The first kappa shape index (κ1) is 19.6. The van der Waals surface area contributed by atoms with E-state index >= 15 is 0 Å². The molecule has 0 spiro atoms. The van der Waals surface area contributed by atoms with Crippen molar-refractivity contribution in [3.8, 4) is 16.9 Å². The van der Waals surface area contributed by atoms with Gasteiger partial charge in [0.05, 0.1) is 12.8 Å². The van der Waals surface area contributed by atoms with Gasteiger partial charge < -0.3 is 9.47 Å². The lowest BCUT2D eigenvalue weighted by atomic mass is 9.91. The first-order valence-electron chi connectivity index (χ1n) is 10.1. The van der Waals surface area contributed by atoms with Crippen LogP contribution in [-0.4, -0.2) is 26.7 Å². The van der Waals surface area contributed by atoms with Gasteiger partial charge in [0.1, 0.15) is 18.1 Å². The summed E-state index contributed by atoms with van der Waals surface area (Å²) in [7, 11) is 1.70. The third-order valence-electron chi connectivity index (χ3n) is 5.56. The molecule has 0 saturated heterocycles. The van der Waals surface area contributed by atoms with E-state index in [9.17, 15) is 0 Å². The minimum atomic E-state index is 0.278. The molecular weight excluding hydrogens is 412 g/mol. The molecule has 0 bridgehead atoms. The Bertz CT molecular complexity index is 1280. The van der Waals surface area contributed by atoms with Crippen LogP contribution in [0.4, 0.5) is 0 Å². The third-order valence-corrected chi connectivity index (χ3v) is 5.82. The Kier molecular flexibility index (Phi) is 5.08. The van der Waals surface area contributed by atoms with E-state index in [2.05, 4.69) is 22.1 Å². The summed E-state index contributed by atoms with van der Waals surface area (Å²) >= 11 is 6.02. The van der Waals surface area contributed by atoms with E-state index in [-0.39, 0.29) is 5.92 Å². The van der Waals surface area contributed by atoms with Crippen molar-refractivity contribution in [3.05, 3.63) is 82.7 Å². The number of hydrogen-bond acceptors (Lipinski definition) is 5. The van der Waals surface area contributed by atoms with Crippen LogP contribution in [0.2, 0.25) is 5.02 Å². The minimum Gasteiger partial charge on any atom is -0.501 e. The molecule has 1 aromatic carbocycles.